The van der Waals surface area contributed by atoms with Gasteiger partial charge in [0.1, 0.15) is 12.4 Å². The van der Waals surface area contributed by atoms with Crippen LogP contribution in [-0.4, -0.2) is 67.6 Å². The summed E-state index contributed by atoms with van der Waals surface area (Å²) in [5.41, 5.74) is 0.379. The van der Waals surface area contributed by atoms with E-state index in [2.05, 4.69) is 5.32 Å². The molecule has 1 atom stereocenters. The maximum absolute atomic E-state index is 13.2. The van der Waals surface area contributed by atoms with E-state index in [1.54, 1.807) is 22.9 Å². The molecular weight excluding hydrogens is 389 g/mol. The lowest BCUT2D eigenvalue weighted by atomic mass is 10.2. The van der Waals surface area contributed by atoms with Crippen molar-refractivity contribution in [1.29, 1.82) is 0 Å². The number of fused-ring (bicyclic) bond motifs is 1. The van der Waals surface area contributed by atoms with Crippen LogP contribution in [0.3, 0.4) is 0 Å². The van der Waals surface area contributed by atoms with Gasteiger partial charge in [0, 0.05) is 12.2 Å². The Morgan fingerprint density at radius 2 is 1.90 bits per heavy atom. The topological polar surface area (TPSA) is 71.1 Å². The molecule has 160 valence electrons. The lowest BCUT2D eigenvalue weighted by Gasteiger charge is -2.31. The quantitative estimate of drug-likeness (QED) is 0.717. The van der Waals surface area contributed by atoms with Gasteiger partial charge in [0.05, 0.1) is 19.6 Å². The summed E-state index contributed by atoms with van der Waals surface area (Å²) < 4.78 is 24.9. The molecule has 2 aromatic rings. The lowest BCUT2D eigenvalue weighted by molar-refractivity contribution is -0.133. The minimum Gasteiger partial charge on any atom is -0.486 e. The van der Waals surface area contributed by atoms with Gasteiger partial charge >= 0.3 is 0 Å². The van der Waals surface area contributed by atoms with Crippen LogP contribution in [0, 0.1) is 5.82 Å². The van der Waals surface area contributed by atoms with Crippen LogP contribution >= 0.6 is 0 Å². The normalized spacial score (nSPS) is 15.0. The summed E-state index contributed by atoms with van der Waals surface area (Å²) >= 11 is 0. The first-order valence-electron chi connectivity index (χ1n) is 9.85. The van der Waals surface area contributed by atoms with Gasteiger partial charge in [-0.3, -0.25) is 14.5 Å². The van der Waals surface area contributed by atoms with Gasteiger partial charge in [-0.1, -0.05) is 18.2 Å². The van der Waals surface area contributed by atoms with Gasteiger partial charge in [0.2, 0.25) is 11.8 Å². The fourth-order valence-electron chi connectivity index (χ4n) is 3.20. The zero-order valence-electron chi connectivity index (χ0n) is 17.1. The van der Waals surface area contributed by atoms with E-state index in [1.807, 2.05) is 31.2 Å². The van der Waals surface area contributed by atoms with Crippen LogP contribution in [0.5, 0.6) is 11.5 Å². The first-order chi connectivity index (χ1) is 14.4. The van der Waals surface area contributed by atoms with Gasteiger partial charge in [0.25, 0.3) is 0 Å². The number of carbonyl (C=O) groups excluding carboxylic acids is 2. The second kappa shape index (κ2) is 10.1. The largest absolute Gasteiger partial charge is 0.486 e. The summed E-state index contributed by atoms with van der Waals surface area (Å²) in [4.78, 5) is 28.1. The SMILES string of the molecule is CCN(C[C@H]1COc2ccccc2O1)C(=O)CN(C)CC(=O)Nc1cccc(F)c1. The number of benzene rings is 2. The first kappa shape index (κ1) is 21.6. The average Bonchev–Trinajstić information content (AvgIpc) is 2.71. The molecule has 2 amide bonds. The van der Waals surface area contributed by atoms with Crippen molar-refractivity contribution in [2.75, 3.05) is 45.2 Å². The van der Waals surface area contributed by atoms with E-state index in [0.717, 1.165) is 0 Å². The molecule has 1 N–H and O–H groups in total. The number of rotatable bonds is 8. The minimum atomic E-state index is -0.425. The third-order valence-corrected chi connectivity index (χ3v) is 4.65. The predicted molar refractivity (Wildman–Crippen MR) is 111 cm³/mol. The average molecular weight is 415 g/mol. The Kier molecular flexibility index (Phi) is 7.24. The lowest BCUT2D eigenvalue weighted by Crippen LogP contribution is -2.47. The van der Waals surface area contributed by atoms with Crippen LogP contribution in [0.25, 0.3) is 0 Å². The van der Waals surface area contributed by atoms with Crippen molar-refractivity contribution in [2.24, 2.45) is 0 Å². The standard InChI is InChI=1S/C22H26FN3O4/c1-3-26(12-18-15-29-19-9-4-5-10-20(19)30-18)22(28)14-25(2)13-21(27)24-17-8-6-7-16(23)11-17/h4-11,18H,3,12-15H2,1-2H3,(H,24,27)/t18-/m0/s1. The highest BCUT2D eigenvalue weighted by Gasteiger charge is 2.25. The molecule has 0 aliphatic carbocycles. The summed E-state index contributed by atoms with van der Waals surface area (Å²) in [5.74, 6) is 0.516. The van der Waals surface area contributed by atoms with Crippen molar-refractivity contribution in [3.63, 3.8) is 0 Å². The number of hydrogen-bond donors (Lipinski definition) is 1. The Bertz CT molecular complexity index is 892. The van der Waals surface area contributed by atoms with E-state index < -0.39 is 5.82 Å². The van der Waals surface area contributed by atoms with E-state index in [4.69, 9.17) is 9.47 Å². The van der Waals surface area contributed by atoms with Crippen LogP contribution in [0.4, 0.5) is 10.1 Å². The number of nitrogens with one attached hydrogen (secondary N) is 1. The molecule has 1 aliphatic heterocycles. The summed E-state index contributed by atoms with van der Waals surface area (Å²) in [5, 5.41) is 2.62. The van der Waals surface area contributed by atoms with Crippen molar-refractivity contribution in [2.45, 2.75) is 13.0 Å². The molecule has 0 spiro atoms. The molecule has 0 saturated carbocycles. The molecule has 30 heavy (non-hydrogen) atoms. The van der Waals surface area contributed by atoms with Crippen molar-refractivity contribution >= 4 is 17.5 Å². The Balaban J connectivity index is 1.48. The Morgan fingerprint density at radius 3 is 2.63 bits per heavy atom. The highest BCUT2D eigenvalue weighted by atomic mass is 19.1. The first-order valence-corrected chi connectivity index (χ1v) is 9.85. The Hall–Kier alpha value is -3.13. The van der Waals surface area contributed by atoms with Crippen molar-refractivity contribution in [1.82, 2.24) is 9.80 Å². The van der Waals surface area contributed by atoms with E-state index in [-0.39, 0.29) is 31.0 Å². The van der Waals surface area contributed by atoms with Gasteiger partial charge in [0.15, 0.2) is 17.6 Å². The van der Waals surface area contributed by atoms with E-state index >= 15 is 0 Å². The number of amides is 2. The van der Waals surface area contributed by atoms with Crippen LogP contribution in [-0.2, 0) is 9.59 Å². The molecule has 0 radical (unpaired) electrons. The summed E-state index contributed by atoms with van der Waals surface area (Å²) in [6, 6.07) is 13.1. The fraction of sp³-hybridized carbons (Fsp3) is 0.364. The fourth-order valence-corrected chi connectivity index (χ4v) is 3.20. The van der Waals surface area contributed by atoms with Crippen LogP contribution in [0.1, 0.15) is 6.92 Å². The highest BCUT2D eigenvalue weighted by Crippen LogP contribution is 2.31. The van der Waals surface area contributed by atoms with Crippen LogP contribution in [0.2, 0.25) is 0 Å². The van der Waals surface area contributed by atoms with Crippen molar-refractivity contribution in [3.8, 4) is 11.5 Å². The number of nitrogens with zero attached hydrogens (tertiary/aromatic N) is 2. The van der Waals surface area contributed by atoms with Gasteiger partial charge in [-0.25, -0.2) is 4.39 Å². The Labute approximate surface area is 175 Å². The molecule has 0 fully saturated rings. The summed E-state index contributed by atoms with van der Waals surface area (Å²) in [6.45, 7) is 3.26. The number of carbonyl (C=O) groups is 2. The molecule has 0 aromatic heterocycles. The molecular formula is C22H26FN3O4. The molecule has 2 aromatic carbocycles. The maximum Gasteiger partial charge on any atom is 0.238 e. The highest BCUT2D eigenvalue weighted by molar-refractivity contribution is 5.92. The van der Waals surface area contributed by atoms with Crippen LogP contribution < -0.4 is 14.8 Å². The van der Waals surface area contributed by atoms with Crippen molar-refractivity contribution in [3.05, 3.63) is 54.3 Å². The molecule has 0 bridgehead atoms. The van der Waals surface area contributed by atoms with Gasteiger partial charge in [-0.2, -0.15) is 0 Å². The molecule has 3 rings (SSSR count). The zero-order valence-corrected chi connectivity index (χ0v) is 17.1. The number of likely N-dealkylation sites (N-methyl/N-ethyl adjacent to an activating group) is 2. The molecule has 1 aliphatic rings. The van der Waals surface area contributed by atoms with Gasteiger partial charge in [-0.05, 0) is 44.3 Å². The molecule has 1 heterocycles. The number of hydrogen-bond acceptors (Lipinski definition) is 5. The zero-order chi connectivity index (χ0) is 21.5. The number of para-hydroxylation sites is 2. The monoisotopic (exact) mass is 415 g/mol. The number of anilines is 1. The number of ether oxygens (including phenoxy) is 2. The smallest absolute Gasteiger partial charge is 0.238 e. The maximum atomic E-state index is 13.2. The second-order valence-corrected chi connectivity index (χ2v) is 7.16. The second-order valence-electron chi connectivity index (χ2n) is 7.16. The summed E-state index contributed by atoms with van der Waals surface area (Å²) in [6.07, 6.45) is -0.259. The Morgan fingerprint density at radius 1 is 1.13 bits per heavy atom. The molecule has 0 unspecified atom stereocenters. The van der Waals surface area contributed by atoms with E-state index in [1.165, 1.54) is 18.2 Å². The van der Waals surface area contributed by atoms with E-state index in [9.17, 15) is 14.0 Å². The van der Waals surface area contributed by atoms with Crippen molar-refractivity contribution < 1.29 is 23.5 Å². The third-order valence-electron chi connectivity index (χ3n) is 4.65. The predicted octanol–water partition coefficient (Wildman–Crippen LogP) is 2.38. The molecule has 0 saturated heterocycles. The van der Waals surface area contributed by atoms with Gasteiger partial charge in [-0.15, -0.1) is 0 Å². The van der Waals surface area contributed by atoms with Crippen LogP contribution in [0.15, 0.2) is 48.5 Å². The molecule has 8 heteroatoms. The van der Waals surface area contributed by atoms with Gasteiger partial charge < -0.3 is 19.7 Å². The minimum absolute atomic E-state index is 0.0101. The van der Waals surface area contributed by atoms with E-state index in [0.29, 0.717) is 36.9 Å². The third kappa shape index (κ3) is 5.93. The number of halogens is 1. The summed E-state index contributed by atoms with van der Waals surface area (Å²) in [7, 11) is 1.69. The molecule has 7 nitrogen and oxygen atoms in total.